The van der Waals surface area contributed by atoms with Gasteiger partial charge in [0, 0.05) is 22.4 Å². The average Bonchev–Trinajstić information content (AvgIpc) is 3.18. The van der Waals surface area contributed by atoms with Gasteiger partial charge in [-0.1, -0.05) is 19.4 Å². The van der Waals surface area contributed by atoms with Gasteiger partial charge in [0.15, 0.2) is 0 Å². The van der Waals surface area contributed by atoms with Gasteiger partial charge >= 0.3 is 6.18 Å². The number of halogens is 3. The van der Waals surface area contributed by atoms with E-state index in [-0.39, 0.29) is 5.89 Å². The van der Waals surface area contributed by atoms with Gasteiger partial charge in [-0.05, 0) is 72.5 Å². The molecule has 0 bridgehead atoms. The van der Waals surface area contributed by atoms with Gasteiger partial charge < -0.3 is 4.42 Å². The van der Waals surface area contributed by atoms with Gasteiger partial charge in [0.1, 0.15) is 5.52 Å². The van der Waals surface area contributed by atoms with Crippen LogP contribution in [0.2, 0.25) is 0 Å². The maximum absolute atomic E-state index is 12.8. The second kappa shape index (κ2) is 8.75. The summed E-state index contributed by atoms with van der Waals surface area (Å²) in [7, 11) is 0. The fourth-order valence-electron chi connectivity index (χ4n) is 3.39. The zero-order chi connectivity index (χ0) is 22.0. The molecule has 160 valence electrons. The minimum atomic E-state index is -4.38. The lowest BCUT2D eigenvalue weighted by molar-refractivity contribution is -0.137. The van der Waals surface area contributed by atoms with Gasteiger partial charge in [0.25, 0.3) is 0 Å². The molecular weight excluding hydrogens is 421 g/mol. The van der Waals surface area contributed by atoms with Gasteiger partial charge in [0.2, 0.25) is 11.6 Å². The molecule has 0 aliphatic carbocycles. The van der Waals surface area contributed by atoms with E-state index in [0.29, 0.717) is 22.5 Å². The largest absolute Gasteiger partial charge is 0.418 e. The molecule has 4 rings (SSSR count). The van der Waals surface area contributed by atoms with Crippen LogP contribution in [-0.4, -0.2) is 9.97 Å². The van der Waals surface area contributed by atoms with E-state index in [1.165, 1.54) is 28.2 Å². The van der Waals surface area contributed by atoms with E-state index < -0.39 is 11.7 Å². The number of benzene rings is 2. The maximum atomic E-state index is 12.8. The number of hydrogen-bond donors (Lipinski definition) is 0. The lowest BCUT2D eigenvalue weighted by atomic mass is 10.1. The zero-order valence-corrected chi connectivity index (χ0v) is 18.0. The highest BCUT2D eigenvalue weighted by Crippen LogP contribution is 2.33. The molecular formula is C24H21F3N2OS. The Hall–Kier alpha value is -2.80. The molecule has 0 spiro atoms. The van der Waals surface area contributed by atoms with Gasteiger partial charge in [-0.3, -0.25) is 0 Å². The summed E-state index contributed by atoms with van der Waals surface area (Å²) in [5.74, 6) is 0.943. The van der Waals surface area contributed by atoms with Crippen LogP contribution in [0.15, 0.2) is 64.0 Å². The molecule has 0 N–H and O–H groups in total. The number of fused-ring (bicyclic) bond motifs is 1. The third-order valence-corrected chi connectivity index (χ3v) is 6.11. The van der Waals surface area contributed by atoms with E-state index in [4.69, 9.17) is 4.42 Å². The lowest BCUT2D eigenvalue weighted by Crippen LogP contribution is -2.03. The Morgan fingerprint density at radius 3 is 2.45 bits per heavy atom. The predicted molar refractivity (Wildman–Crippen MR) is 117 cm³/mol. The molecule has 2 heterocycles. The van der Waals surface area contributed by atoms with Gasteiger partial charge in [-0.25, -0.2) is 9.97 Å². The van der Waals surface area contributed by atoms with Gasteiger partial charge in [0.05, 0.1) is 5.56 Å². The Kier molecular flexibility index (Phi) is 6.05. The number of thioether (sulfide) groups is 1. The summed E-state index contributed by atoms with van der Waals surface area (Å²) >= 11 is 1.70. The molecule has 3 nitrogen and oxygen atoms in total. The molecule has 0 atom stereocenters. The van der Waals surface area contributed by atoms with Crippen molar-refractivity contribution in [2.45, 2.75) is 43.5 Å². The summed E-state index contributed by atoms with van der Waals surface area (Å²) in [6.45, 7) is 4.31. The molecule has 4 aromatic rings. The number of nitrogens with zero attached hydrogens (tertiary/aromatic N) is 2. The number of hydrogen-bond acceptors (Lipinski definition) is 4. The number of aryl methyl sites for hydroxylation is 2. The molecule has 0 aliphatic rings. The summed E-state index contributed by atoms with van der Waals surface area (Å²) in [6, 6.07) is 13.2. The minimum Gasteiger partial charge on any atom is -0.418 e. The fraction of sp³-hybridized carbons (Fsp3) is 0.250. The number of aromatic nitrogens is 2. The maximum Gasteiger partial charge on any atom is 0.416 e. The normalized spacial score (nSPS) is 11.9. The van der Waals surface area contributed by atoms with Crippen molar-refractivity contribution in [3.05, 3.63) is 77.0 Å². The molecule has 7 heteroatoms. The minimum absolute atomic E-state index is 0.258. The second-order valence-electron chi connectivity index (χ2n) is 7.34. The van der Waals surface area contributed by atoms with Crippen LogP contribution >= 0.6 is 11.8 Å². The lowest BCUT2D eigenvalue weighted by Gasteiger charge is -2.08. The number of oxazole rings is 1. The molecule has 0 aliphatic heterocycles. The Morgan fingerprint density at radius 1 is 1.00 bits per heavy atom. The smallest absolute Gasteiger partial charge is 0.416 e. The predicted octanol–water partition coefficient (Wildman–Crippen LogP) is 7.46. The van der Waals surface area contributed by atoms with Crippen molar-refractivity contribution in [2.75, 3.05) is 0 Å². The topological polar surface area (TPSA) is 38.9 Å². The quantitative estimate of drug-likeness (QED) is 0.291. The first-order valence-corrected chi connectivity index (χ1v) is 11.0. The summed E-state index contributed by atoms with van der Waals surface area (Å²) < 4.78 is 44.1. The first-order chi connectivity index (χ1) is 14.8. The molecule has 0 saturated carbocycles. The fourth-order valence-corrected chi connectivity index (χ4v) is 4.37. The van der Waals surface area contributed by atoms with Crippen molar-refractivity contribution in [1.29, 1.82) is 0 Å². The Bertz CT molecular complexity index is 1200. The standard InChI is InChI=1S/C24H21F3N2OS/c1-3-4-16-7-10-20(13-15(16)2)31-14-18-11-12-28-23-21(18)29-22(30-23)17-5-8-19(9-6-17)24(25,26)27/h5-13H,3-4,14H2,1-2H3. The monoisotopic (exact) mass is 442 g/mol. The van der Waals surface area contributed by atoms with Crippen molar-refractivity contribution in [2.24, 2.45) is 0 Å². The Morgan fingerprint density at radius 2 is 1.77 bits per heavy atom. The highest BCUT2D eigenvalue weighted by atomic mass is 32.2. The van der Waals surface area contributed by atoms with E-state index in [2.05, 4.69) is 42.0 Å². The van der Waals surface area contributed by atoms with Crippen LogP contribution in [0.5, 0.6) is 0 Å². The van der Waals surface area contributed by atoms with Crippen LogP contribution in [0.1, 0.15) is 35.6 Å². The zero-order valence-electron chi connectivity index (χ0n) is 17.2. The molecule has 0 amide bonds. The van der Waals surface area contributed by atoms with Gasteiger partial charge in [-0.15, -0.1) is 11.8 Å². The molecule has 31 heavy (non-hydrogen) atoms. The van der Waals surface area contributed by atoms with Crippen LogP contribution in [0.25, 0.3) is 22.7 Å². The van der Waals surface area contributed by atoms with E-state index in [1.807, 2.05) is 6.07 Å². The van der Waals surface area contributed by atoms with Crippen LogP contribution < -0.4 is 0 Å². The van der Waals surface area contributed by atoms with Crippen molar-refractivity contribution < 1.29 is 17.6 Å². The highest BCUT2D eigenvalue weighted by molar-refractivity contribution is 7.98. The molecule has 2 aromatic carbocycles. The summed E-state index contributed by atoms with van der Waals surface area (Å²) in [4.78, 5) is 9.92. The second-order valence-corrected chi connectivity index (χ2v) is 8.39. The van der Waals surface area contributed by atoms with E-state index in [1.54, 1.807) is 18.0 Å². The Labute approximate surface area is 182 Å². The SMILES string of the molecule is CCCc1ccc(SCc2ccnc3oc(-c4ccc(C(F)(F)F)cc4)nc23)cc1C. The molecule has 0 unspecified atom stereocenters. The molecule has 0 radical (unpaired) electrons. The average molecular weight is 443 g/mol. The number of pyridine rings is 1. The van der Waals surface area contributed by atoms with Crippen LogP contribution in [-0.2, 0) is 18.3 Å². The van der Waals surface area contributed by atoms with E-state index >= 15 is 0 Å². The van der Waals surface area contributed by atoms with Gasteiger partial charge in [-0.2, -0.15) is 13.2 Å². The van der Waals surface area contributed by atoms with Crippen LogP contribution in [0.4, 0.5) is 13.2 Å². The molecule has 0 fully saturated rings. The third-order valence-electron chi connectivity index (χ3n) is 5.07. The summed E-state index contributed by atoms with van der Waals surface area (Å²) in [5.41, 5.74) is 4.40. The number of rotatable bonds is 6. The van der Waals surface area contributed by atoms with E-state index in [9.17, 15) is 13.2 Å². The first kappa shape index (κ1) is 21.4. The van der Waals surface area contributed by atoms with Crippen LogP contribution in [0.3, 0.4) is 0 Å². The first-order valence-electron chi connectivity index (χ1n) is 9.99. The van der Waals surface area contributed by atoms with Crippen molar-refractivity contribution >= 4 is 23.0 Å². The van der Waals surface area contributed by atoms with Crippen molar-refractivity contribution in [3.8, 4) is 11.5 Å². The molecule has 0 saturated heterocycles. The van der Waals surface area contributed by atoms with Crippen molar-refractivity contribution in [1.82, 2.24) is 9.97 Å². The van der Waals surface area contributed by atoms with Crippen LogP contribution in [0, 0.1) is 6.92 Å². The van der Waals surface area contributed by atoms with Crippen molar-refractivity contribution in [3.63, 3.8) is 0 Å². The summed E-state index contributed by atoms with van der Waals surface area (Å²) in [5, 5.41) is 0. The third kappa shape index (κ3) is 4.77. The van der Waals surface area contributed by atoms with E-state index in [0.717, 1.165) is 30.5 Å². The summed E-state index contributed by atoms with van der Waals surface area (Å²) in [6.07, 6.45) is -0.516. The number of alkyl halides is 3. The highest BCUT2D eigenvalue weighted by Gasteiger charge is 2.30. The molecule has 2 aromatic heterocycles. The Balaban J connectivity index is 1.56.